The number of hydrogen-bond acceptors (Lipinski definition) is 2. The van der Waals surface area contributed by atoms with Gasteiger partial charge in [0.2, 0.25) is 0 Å². The molecule has 0 unspecified atom stereocenters. The summed E-state index contributed by atoms with van der Waals surface area (Å²) in [6, 6.07) is 11.3. The molecule has 0 amide bonds. The number of ketones is 1. The van der Waals surface area contributed by atoms with Gasteiger partial charge in [-0.05, 0) is 48.7 Å². The molecule has 0 saturated carbocycles. The predicted molar refractivity (Wildman–Crippen MR) is 95.5 cm³/mol. The molecule has 1 heterocycles. The Balaban J connectivity index is 2.33. The largest absolute Gasteiger partial charge is 0.293 e. The van der Waals surface area contributed by atoms with Crippen molar-refractivity contribution < 1.29 is 9.18 Å². The van der Waals surface area contributed by atoms with Gasteiger partial charge in [-0.25, -0.2) is 4.39 Å². The summed E-state index contributed by atoms with van der Waals surface area (Å²) in [4.78, 5) is 17.5. The summed E-state index contributed by atoms with van der Waals surface area (Å²) in [6.07, 6.45) is 7.76. The number of unbranched alkanes of at least 4 members (excludes halogenated alkanes) is 2. The lowest BCUT2D eigenvalue weighted by molar-refractivity contribution is 0.0935. The minimum absolute atomic E-state index is 0.0176. The van der Waals surface area contributed by atoms with Gasteiger partial charge in [0.05, 0.1) is 11.6 Å². The molecule has 0 aliphatic heterocycles. The lowest BCUT2D eigenvalue weighted by Crippen LogP contribution is -2.22. The highest BCUT2D eigenvalue weighted by molar-refractivity contribution is 6.01. The number of halogens is 1. The van der Waals surface area contributed by atoms with Crippen molar-refractivity contribution in [3.8, 4) is 0 Å². The molecule has 0 spiro atoms. The summed E-state index contributed by atoms with van der Waals surface area (Å²) in [5, 5.41) is 0. The number of benzene rings is 1. The fraction of sp³-hybridized carbons (Fsp3) is 0.333. The van der Waals surface area contributed by atoms with E-state index in [4.69, 9.17) is 0 Å². The number of Topliss-reactive ketones (excluding diaryl/α,β-unsaturated/α-hetero) is 1. The maximum atomic E-state index is 13.2. The number of rotatable bonds is 9. The van der Waals surface area contributed by atoms with E-state index in [1.807, 2.05) is 24.3 Å². The number of aromatic nitrogens is 1. The van der Waals surface area contributed by atoms with Crippen molar-refractivity contribution in [1.29, 1.82) is 0 Å². The van der Waals surface area contributed by atoms with Gasteiger partial charge in [0.15, 0.2) is 5.78 Å². The van der Waals surface area contributed by atoms with E-state index in [0.717, 1.165) is 31.4 Å². The number of pyridine rings is 1. The molecule has 2 aromatic rings. The van der Waals surface area contributed by atoms with E-state index in [-0.39, 0.29) is 23.4 Å². The average molecular weight is 325 g/mol. The first-order chi connectivity index (χ1) is 11.7. The second-order valence-corrected chi connectivity index (χ2v) is 6.00. The summed E-state index contributed by atoms with van der Waals surface area (Å²) >= 11 is 0. The lowest BCUT2D eigenvalue weighted by Gasteiger charge is -2.23. The zero-order chi connectivity index (χ0) is 17.4. The Morgan fingerprint density at radius 3 is 2.54 bits per heavy atom. The third-order valence-corrected chi connectivity index (χ3v) is 4.29. The number of allylic oxidation sites excluding steroid dienone is 1. The van der Waals surface area contributed by atoms with Gasteiger partial charge in [0, 0.05) is 11.8 Å². The minimum atomic E-state index is -0.383. The van der Waals surface area contributed by atoms with Crippen molar-refractivity contribution in [2.75, 3.05) is 0 Å². The molecule has 0 aliphatic carbocycles. The highest BCUT2D eigenvalue weighted by Crippen LogP contribution is 2.32. The van der Waals surface area contributed by atoms with Crippen LogP contribution in [0, 0.1) is 11.7 Å². The Labute approximate surface area is 143 Å². The summed E-state index contributed by atoms with van der Waals surface area (Å²) in [6.45, 7) is 6.09. The van der Waals surface area contributed by atoms with E-state index >= 15 is 0 Å². The van der Waals surface area contributed by atoms with Gasteiger partial charge in [-0.2, -0.15) is 0 Å². The zero-order valence-electron chi connectivity index (χ0n) is 14.1. The predicted octanol–water partition coefficient (Wildman–Crippen LogP) is 5.57. The standard InChI is InChI=1S/C21H24FNO/c1-3-5-6-9-16(4-2)20(19-10-7-8-15-23-19)21(24)17-11-13-18(22)14-12-17/h4,7-8,10-16,20H,2-3,5-6,9H2,1H3/t16-,20+/m1/s1. The zero-order valence-corrected chi connectivity index (χ0v) is 14.1. The summed E-state index contributed by atoms with van der Waals surface area (Å²) in [5.41, 5.74) is 1.25. The van der Waals surface area contributed by atoms with E-state index in [1.54, 1.807) is 18.3 Å². The molecule has 1 aromatic carbocycles. The monoisotopic (exact) mass is 325 g/mol. The van der Waals surface area contributed by atoms with Gasteiger partial charge in [0.1, 0.15) is 5.82 Å². The van der Waals surface area contributed by atoms with Gasteiger partial charge in [-0.15, -0.1) is 6.58 Å². The highest BCUT2D eigenvalue weighted by Gasteiger charge is 2.29. The quantitative estimate of drug-likeness (QED) is 0.343. The molecule has 0 saturated heterocycles. The Bertz CT molecular complexity index is 651. The van der Waals surface area contributed by atoms with E-state index in [1.165, 1.54) is 12.1 Å². The molecule has 0 radical (unpaired) electrons. The molecule has 24 heavy (non-hydrogen) atoms. The van der Waals surface area contributed by atoms with Crippen LogP contribution in [0.15, 0.2) is 61.3 Å². The second kappa shape index (κ2) is 9.11. The van der Waals surface area contributed by atoms with E-state index in [0.29, 0.717) is 5.56 Å². The first-order valence-electron chi connectivity index (χ1n) is 8.50. The van der Waals surface area contributed by atoms with Gasteiger partial charge in [-0.1, -0.05) is 38.3 Å². The normalized spacial score (nSPS) is 13.2. The van der Waals surface area contributed by atoms with Crippen molar-refractivity contribution in [1.82, 2.24) is 4.98 Å². The van der Waals surface area contributed by atoms with Crippen LogP contribution in [0.2, 0.25) is 0 Å². The van der Waals surface area contributed by atoms with Crippen molar-refractivity contribution >= 4 is 5.78 Å². The van der Waals surface area contributed by atoms with E-state index in [2.05, 4.69) is 18.5 Å². The fourth-order valence-corrected chi connectivity index (χ4v) is 2.95. The first-order valence-corrected chi connectivity index (χ1v) is 8.50. The Kier molecular flexibility index (Phi) is 6.86. The van der Waals surface area contributed by atoms with Gasteiger partial charge >= 0.3 is 0 Å². The lowest BCUT2D eigenvalue weighted by atomic mass is 9.80. The molecule has 2 rings (SSSR count). The fourth-order valence-electron chi connectivity index (χ4n) is 2.95. The molecule has 0 bridgehead atoms. The maximum Gasteiger partial charge on any atom is 0.172 e. The maximum absolute atomic E-state index is 13.2. The van der Waals surface area contributed by atoms with E-state index in [9.17, 15) is 9.18 Å². The first kappa shape index (κ1) is 18.1. The van der Waals surface area contributed by atoms with Crippen LogP contribution in [-0.4, -0.2) is 10.8 Å². The van der Waals surface area contributed by atoms with Gasteiger partial charge in [0.25, 0.3) is 0 Å². The second-order valence-electron chi connectivity index (χ2n) is 6.00. The number of carbonyl (C=O) groups excluding carboxylic acids is 1. The smallest absolute Gasteiger partial charge is 0.172 e. The Hall–Kier alpha value is -2.29. The molecule has 126 valence electrons. The van der Waals surface area contributed by atoms with Gasteiger partial charge < -0.3 is 0 Å². The molecule has 2 nitrogen and oxygen atoms in total. The molecular formula is C21H24FNO. The molecule has 2 atom stereocenters. The van der Waals surface area contributed by atoms with Crippen LogP contribution < -0.4 is 0 Å². The van der Waals surface area contributed by atoms with Crippen LogP contribution >= 0.6 is 0 Å². The van der Waals surface area contributed by atoms with Crippen LogP contribution in [0.25, 0.3) is 0 Å². The van der Waals surface area contributed by atoms with E-state index < -0.39 is 0 Å². The topological polar surface area (TPSA) is 30.0 Å². The number of carbonyl (C=O) groups is 1. The van der Waals surface area contributed by atoms with Crippen molar-refractivity contribution in [2.24, 2.45) is 5.92 Å². The van der Waals surface area contributed by atoms with Crippen LogP contribution in [0.4, 0.5) is 4.39 Å². The van der Waals surface area contributed by atoms with Crippen molar-refractivity contribution in [2.45, 2.75) is 38.5 Å². The molecular weight excluding hydrogens is 301 g/mol. The minimum Gasteiger partial charge on any atom is -0.293 e. The summed E-state index contributed by atoms with van der Waals surface area (Å²) in [5.74, 6) is -0.741. The summed E-state index contributed by atoms with van der Waals surface area (Å²) < 4.78 is 13.2. The highest BCUT2D eigenvalue weighted by atomic mass is 19.1. The average Bonchev–Trinajstić information content (AvgIpc) is 2.62. The van der Waals surface area contributed by atoms with Crippen molar-refractivity contribution in [3.05, 3.63) is 78.4 Å². The number of hydrogen-bond donors (Lipinski definition) is 0. The third kappa shape index (κ3) is 4.60. The Morgan fingerprint density at radius 2 is 1.96 bits per heavy atom. The Morgan fingerprint density at radius 1 is 1.21 bits per heavy atom. The van der Waals surface area contributed by atoms with Crippen LogP contribution in [0.3, 0.4) is 0 Å². The SMILES string of the molecule is C=C[C@H](CCCCC)[C@H](C(=O)c1ccc(F)cc1)c1ccccn1. The molecule has 3 heteroatoms. The number of nitrogens with zero attached hydrogens (tertiary/aromatic N) is 1. The summed E-state index contributed by atoms with van der Waals surface area (Å²) in [7, 11) is 0. The van der Waals surface area contributed by atoms with Gasteiger partial charge in [-0.3, -0.25) is 9.78 Å². The van der Waals surface area contributed by atoms with Crippen molar-refractivity contribution in [3.63, 3.8) is 0 Å². The molecule has 1 aromatic heterocycles. The van der Waals surface area contributed by atoms with Crippen LogP contribution in [0.5, 0.6) is 0 Å². The molecule has 0 aliphatic rings. The van der Waals surface area contributed by atoms with Crippen LogP contribution in [0.1, 0.15) is 54.6 Å². The van der Waals surface area contributed by atoms with Crippen LogP contribution in [-0.2, 0) is 0 Å². The molecule has 0 N–H and O–H groups in total. The third-order valence-electron chi connectivity index (χ3n) is 4.29. The molecule has 0 fully saturated rings.